The van der Waals surface area contributed by atoms with Gasteiger partial charge in [0.1, 0.15) is 19.3 Å². The third-order valence-corrected chi connectivity index (χ3v) is 18.6. The van der Waals surface area contributed by atoms with Crippen LogP contribution in [0, 0.1) is 17.8 Å². The summed E-state index contributed by atoms with van der Waals surface area (Å²) >= 11 is 0. The van der Waals surface area contributed by atoms with Crippen molar-refractivity contribution in [3.8, 4) is 0 Å². The van der Waals surface area contributed by atoms with Crippen molar-refractivity contribution in [2.24, 2.45) is 17.8 Å². The molecule has 0 rings (SSSR count). The topological polar surface area (TPSA) is 237 Å². The molecule has 0 amide bonds. The highest BCUT2D eigenvalue weighted by Crippen LogP contribution is 2.45. The SMILES string of the molecule is CCCCCCCC(=O)OC[C@H](COP(=O)(O)OC[C@H](O)COP(=O)(O)OC[C@@H](COC(=O)CCCCCCCCCCCCCCCCC(C)C)OC(=O)CCCCCCCCCCCCCCCCCC(C)C)OC(=O)CCCCCCCCC(C)CC. The van der Waals surface area contributed by atoms with Crippen molar-refractivity contribution in [3.05, 3.63) is 0 Å². The van der Waals surface area contributed by atoms with E-state index in [0.29, 0.717) is 25.7 Å². The molecule has 0 saturated heterocycles. The lowest BCUT2D eigenvalue weighted by Crippen LogP contribution is -2.30. The number of rotatable bonds is 69. The molecule has 0 aromatic rings. The second-order valence-corrected chi connectivity index (χ2v) is 29.7. The normalized spacial score (nSPS) is 14.5. The number of carbonyl (C=O) groups is 4. The molecule has 19 heteroatoms. The van der Waals surface area contributed by atoms with Crippen molar-refractivity contribution >= 4 is 39.5 Å². The first-order chi connectivity index (χ1) is 43.3. The molecule has 6 atom stereocenters. The summed E-state index contributed by atoms with van der Waals surface area (Å²) in [6.07, 6.45) is 46.3. The molecule has 0 radical (unpaired) electrons. The Morgan fingerprint density at radius 3 is 0.844 bits per heavy atom. The molecule has 0 aromatic carbocycles. The Labute approximate surface area is 549 Å². The minimum atomic E-state index is -4.95. The van der Waals surface area contributed by atoms with Crippen molar-refractivity contribution in [1.29, 1.82) is 0 Å². The number of carbonyl (C=O) groups excluding carboxylic acids is 4. The summed E-state index contributed by atoms with van der Waals surface area (Å²) in [5.41, 5.74) is 0. The summed E-state index contributed by atoms with van der Waals surface area (Å²) in [6.45, 7) is 11.8. The van der Waals surface area contributed by atoms with Gasteiger partial charge in [-0.2, -0.15) is 0 Å². The fraction of sp³-hybridized carbons (Fsp3) is 0.944. The number of unbranched alkanes of at least 4 members (excludes halogenated alkanes) is 36. The van der Waals surface area contributed by atoms with Crippen LogP contribution in [-0.4, -0.2) is 96.7 Å². The Hall–Kier alpha value is -1.94. The lowest BCUT2D eigenvalue weighted by molar-refractivity contribution is -0.161. The molecule has 0 bridgehead atoms. The monoisotopic (exact) mass is 1320 g/mol. The third-order valence-electron chi connectivity index (χ3n) is 16.7. The number of phosphoric ester groups is 2. The Balaban J connectivity index is 5.15. The maximum absolute atomic E-state index is 13.0. The molecule has 0 spiro atoms. The molecule has 3 unspecified atom stereocenters. The molecular weight excluding hydrogens is 1190 g/mol. The fourth-order valence-electron chi connectivity index (χ4n) is 10.7. The van der Waals surface area contributed by atoms with Crippen molar-refractivity contribution in [1.82, 2.24) is 0 Å². The predicted octanol–water partition coefficient (Wildman–Crippen LogP) is 20.2. The van der Waals surface area contributed by atoms with E-state index in [0.717, 1.165) is 114 Å². The van der Waals surface area contributed by atoms with Crippen molar-refractivity contribution in [3.63, 3.8) is 0 Å². The smallest absolute Gasteiger partial charge is 0.462 e. The first-order valence-corrected chi connectivity index (χ1v) is 39.9. The summed E-state index contributed by atoms with van der Waals surface area (Å²) in [5.74, 6) is 0.184. The van der Waals surface area contributed by atoms with Gasteiger partial charge in [-0.15, -0.1) is 0 Å². The van der Waals surface area contributed by atoms with Crippen molar-refractivity contribution in [2.45, 2.75) is 375 Å². The average Bonchev–Trinajstić information content (AvgIpc) is 3.72. The summed E-state index contributed by atoms with van der Waals surface area (Å²) in [5, 5.41) is 10.6. The molecule has 0 aliphatic carbocycles. The molecule has 0 aliphatic heterocycles. The van der Waals surface area contributed by atoms with Gasteiger partial charge in [0.25, 0.3) is 0 Å². The van der Waals surface area contributed by atoms with Gasteiger partial charge in [-0.05, 0) is 43.4 Å². The van der Waals surface area contributed by atoms with Crippen LogP contribution in [0.15, 0.2) is 0 Å². The van der Waals surface area contributed by atoms with Crippen LogP contribution < -0.4 is 0 Å². The maximum atomic E-state index is 13.0. The number of hydrogen-bond acceptors (Lipinski definition) is 15. The van der Waals surface area contributed by atoms with E-state index in [1.165, 1.54) is 161 Å². The van der Waals surface area contributed by atoms with E-state index in [2.05, 4.69) is 48.5 Å². The minimum Gasteiger partial charge on any atom is -0.462 e. The van der Waals surface area contributed by atoms with Crippen molar-refractivity contribution in [2.75, 3.05) is 39.6 Å². The van der Waals surface area contributed by atoms with Crippen LogP contribution in [0.4, 0.5) is 0 Å². The van der Waals surface area contributed by atoms with Gasteiger partial charge in [0.2, 0.25) is 0 Å². The van der Waals surface area contributed by atoms with Gasteiger partial charge in [-0.25, -0.2) is 9.13 Å². The number of esters is 4. The summed E-state index contributed by atoms with van der Waals surface area (Å²) in [7, 11) is -9.89. The van der Waals surface area contributed by atoms with E-state index >= 15 is 0 Å². The van der Waals surface area contributed by atoms with Crippen LogP contribution in [0.5, 0.6) is 0 Å². The molecule has 0 aromatic heterocycles. The zero-order valence-corrected chi connectivity index (χ0v) is 60.4. The second-order valence-electron chi connectivity index (χ2n) is 26.8. The molecular formula is C71H138O17P2. The van der Waals surface area contributed by atoms with Gasteiger partial charge in [-0.1, -0.05) is 305 Å². The zero-order chi connectivity index (χ0) is 66.6. The van der Waals surface area contributed by atoms with Crippen LogP contribution >= 0.6 is 15.6 Å². The van der Waals surface area contributed by atoms with Crippen LogP contribution in [0.3, 0.4) is 0 Å². The molecule has 17 nitrogen and oxygen atoms in total. The Kier molecular flexibility index (Phi) is 60.6. The van der Waals surface area contributed by atoms with Crippen LogP contribution in [0.2, 0.25) is 0 Å². The van der Waals surface area contributed by atoms with E-state index in [4.69, 9.17) is 37.0 Å². The van der Waals surface area contributed by atoms with Crippen LogP contribution in [0.25, 0.3) is 0 Å². The lowest BCUT2D eigenvalue weighted by atomic mass is 10.00. The predicted molar refractivity (Wildman–Crippen MR) is 363 cm³/mol. The van der Waals surface area contributed by atoms with E-state index in [9.17, 15) is 43.2 Å². The summed E-state index contributed by atoms with van der Waals surface area (Å²) < 4.78 is 68.1. The van der Waals surface area contributed by atoms with Gasteiger partial charge >= 0.3 is 39.5 Å². The quantitative estimate of drug-likeness (QED) is 0.0222. The Morgan fingerprint density at radius 2 is 0.567 bits per heavy atom. The van der Waals surface area contributed by atoms with Crippen LogP contribution in [0.1, 0.15) is 357 Å². The maximum Gasteiger partial charge on any atom is 0.472 e. The van der Waals surface area contributed by atoms with E-state index < -0.39 is 97.5 Å². The fourth-order valence-corrected chi connectivity index (χ4v) is 12.3. The summed E-state index contributed by atoms with van der Waals surface area (Å²) in [4.78, 5) is 72.3. The highest BCUT2D eigenvalue weighted by molar-refractivity contribution is 7.47. The molecule has 534 valence electrons. The van der Waals surface area contributed by atoms with Crippen LogP contribution in [-0.2, 0) is 65.4 Å². The number of aliphatic hydroxyl groups excluding tert-OH is 1. The highest BCUT2D eigenvalue weighted by Gasteiger charge is 2.30. The summed E-state index contributed by atoms with van der Waals surface area (Å²) in [6, 6.07) is 0. The van der Waals surface area contributed by atoms with Crippen molar-refractivity contribution < 1.29 is 80.2 Å². The van der Waals surface area contributed by atoms with Gasteiger partial charge in [0.05, 0.1) is 26.4 Å². The van der Waals surface area contributed by atoms with E-state index in [1.807, 2.05) is 0 Å². The molecule has 0 fully saturated rings. The number of hydrogen-bond donors (Lipinski definition) is 3. The van der Waals surface area contributed by atoms with E-state index in [1.54, 1.807) is 0 Å². The first kappa shape index (κ1) is 88.1. The molecule has 3 N–H and O–H groups in total. The molecule has 0 aliphatic rings. The Morgan fingerprint density at radius 1 is 0.322 bits per heavy atom. The average molecular weight is 1330 g/mol. The molecule has 90 heavy (non-hydrogen) atoms. The molecule has 0 saturated carbocycles. The zero-order valence-electron chi connectivity index (χ0n) is 58.6. The first-order valence-electron chi connectivity index (χ1n) is 36.9. The largest absolute Gasteiger partial charge is 0.472 e. The van der Waals surface area contributed by atoms with Gasteiger partial charge in [0, 0.05) is 25.7 Å². The van der Waals surface area contributed by atoms with Gasteiger partial charge < -0.3 is 33.8 Å². The molecule has 0 heterocycles. The lowest BCUT2D eigenvalue weighted by Gasteiger charge is -2.21. The Bertz CT molecular complexity index is 1770. The van der Waals surface area contributed by atoms with Gasteiger partial charge in [0.15, 0.2) is 12.2 Å². The standard InChI is InChI=1S/C71H138O17P2/c1-8-10-11-35-45-52-68(73)81-58-66(88-71(76)55-48-41-34-33-38-44-51-64(7)9-2)60-85-89(77,78)83-56-65(72)57-84-90(79,80)86-61-67(59-82-69(74)53-46-39-31-27-23-19-16-15-18-22-26-30-37-43-50-63(5)6)87-70(75)54-47-40-32-28-24-20-14-12-13-17-21-25-29-36-42-49-62(3)4/h62-67,72H,8-61H2,1-7H3,(H,77,78)(H,79,80)/t64?,65-,66+,67+/m0/s1. The number of aliphatic hydroxyl groups is 1. The number of phosphoric acid groups is 2. The third kappa shape index (κ3) is 63.5. The van der Waals surface area contributed by atoms with Gasteiger partial charge in [-0.3, -0.25) is 37.3 Å². The highest BCUT2D eigenvalue weighted by atomic mass is 31.2. The van der Waals surface area contributed by atoms with E-state index in [-0.39, 0.29) is 25.7 Å². The minimum absolute atomic E-state index is 0.102. The second kappa shape index (κ2) is 61.9. The number of ether oxygens (including phenoxy) is 4.